The molecule has 0 saturated carbocycles. The average Bonchev–Trinajstić information content (AvgIpc) is 2.79. The second kappa shape index (κ2) is 10.5. The lowest BCUT2D eigenvalue weighted by molar-refractivity contribution is -0.115. The van der Waals surface area contributed by atoms with Crippen molar-refractivity contribution in [3.8, 4) is 11.5 Å². The Morgan fingerprint density at radius 3 is 2.45 bits per heavy atom. The van der Waals surface area contributed by atoms with Gasteiger partial charge >= 0.3 is 0 Å². The van der Waals surface area contributed by atoms with Gasteiger partial charge in [0.15, 0.2) is 11.5 Å². The van der Waals surface area contributed by atoms with Crippen LogP contribution in [0.4, 0.5) is 11.5 Å². The van der Waals surface area contributed by atoms with Gasteiger partial charge in [-0.05, 0) is 55.5 Å². The molecule has 0 aliphatic rings. The van der Waals surface area contributed by atoms with Crippen LogP contribution in [0.1, 0.15) is 17.3 Å². The van der Waals surface area contributed by atoms with E-state index in [0.29, 0.717) is 28.6 Å². The number of nitrogens with one attached hydrogen (secondary N) is 2. The summed E-state index contributed by atoms with van der Waals surface area (Å²) < 4.78 is 10.5. The number of carbonyl (C=O) groups is 2. The molecule has 1 aromatic heterocycles. The van der Waals surface area contributed by atoms with Crippen molar-refractivity contribution >= 4 is 35.1 Å². The first-order chi connectivity index (χ1) is 15.0. The number of carbonyl (C=O) groups excluding carboxylic acids is 2. The minimum atomic E-state index is -0.348. The van der Waals surface area contributed by atoms with Gasteiger partial charge in [0.05, 0.1) is 19.5 Å². The van der Waals surface area contributed by atoms with Crippen molar-refractivity contribution in [2.45, 2.75) is 17.1 Å². The fraction of sp³-hybridized carbons (Fsp3) is 0.174. The Labute approximate surface area is 185 Å². The van der Waals surface area contributed by atoms with E-state index in [2.05, 4.69) is 15.6 Å². The van der Waals surface area contributed by atoms with Crippen LogP contribution in [-0.4, -0.2) is 36.3 Å². The van der Waals surface area contributed by atoms with Gasteiger partial charge in [0.25, 0.3) is 5.91 Å². The molecule has 0 aliphatic carbocycles. The molecule has 3 aromatic rings. The van der Waals surface area contributed by atoms with Crippen molar-refractivity contribution in [3.63, 3.8) is 0 Å². The number of nitrogens with zero attached hydrogens (tertiary/aromatic N) is 1. The number of ether oxygens (including phenoxy) is 2. The van der Waals surface area contributed by atoms with E-state index in [1.807, 2.05) is 31.2 Å². The van der Waals surface area contributed by atoms with E-state index in [4.69, 9.17) is 9.47 Å². The van der Waals surface area contributed by atoms with Crippen LogP contribution in [0.3, 0.4) is 0 Å². The molecule has 2 N–H and O–H groups in total. The highest BCUT2D eigenvalue weighted by atomic mass is 32.2. The Morgan fingerprint density at radius 2 is 1.74 bits per heavy atom. The number of rotatable bonds is 8. The summed E-state index contributed by atoms with van der Waals surface area (Å²) in [6, 6.07) is 17.6. The Bertz CT molecular complexity index is 1060. The van der Waals surface area contributed by atoms with Gasteiger partial charge in [-0.2, -0.15) is 0 Å². The lowest BCUT2D eigenvalue weighted by Crippen LogP contribution is -2.22. The molecule has 1 heterocycles. The monoisotopic (exact) mass is 437 g/mol. The topological polar surface area (TPSA) is 89.5 Å². The van der Waals surface area contributed by atoms with Crippen molar-refractivity contribution in [3.05, 3.63) is 72.4 Å². The van der Waals surface area contributed by atoms with Gasteiger partial charge in [-0.1, -0.05) is 12.1 Å². The molecule has 0 aliphatic heterocycles. The zero-order valence-corrected chi connectivity index (χ0v) is 18.2. The maximum absolute atomic E-state index is 12.6. The first kappa shape index (κ1) is 22.2. The molecule has 1 unspecified atom stereocenters. The van der Waals surface area contributed by atoms with E-state index in [-0.39, 0.29) is 17.1 Å². The second-order valence-corrected chi connectivity index (χ2v) is 7.93. The smallest absolute Gasteiger partial charge is 0.255 e. The number of methoxy groups -OCH3 is 2. The third-order valence-electron chi connectivity index (χ3n) is 4.34. The van der Waals surface area contributed by atoms with Crippen LogP contribution in [-0.2, 0) is 4.79 Å². The molecule has 0 spiro atoms. The van der Waals surface area contributed by atoms with Crippen molar-refractivity contribution in [2.24, 2.45) is 0 Å². The van der Waals surface area contributed by atoms with Crippen LogP contribution in [0.25, 0.3) is 0 Å². The molecule has 7 nitrogen and oxygen atoms in total. The zero-order valence-electron chi connectivity index (χ0n) is 17.4. The van der Waals surface area contributed by atoms with E-state index in [9.17, 15) is 9.59 Å². The van der Waals surface area contributed by atoms with Crippen LogP contribution >= 0.6 is 11.8 Å². The Kier molecular flexibility index (Phi) is 7.50. The largest absolute Gasteiger partial charge is 0.493 e. The second-order valence-electron chi connectivity index (χ2n) is 6.52. The van der Waals surface area contributed by atoms with Gasteiger partial charge < -0.3 is 20.1 Å². The molecular weight excluding hydrogens is 414 g/mol. The van der Waals surface area contributed by atoms with Gasteiger partial charge in [0, 0.05) is 22.3 Å². The summed E-state index contributed by atoms with van der Waals surface area (Å²) in [6.07, 6.45) is 1.62. The first-order valence-electron chi connectivity index (χ1n) is 9.52. The zero-order chi connectivity index (χ0) is 22.2. The SMILES string of the molecule is COc1ccc(C(=O)Nc2cccc(SC(C)C(=O)Nc3ccccn3)c2)cc1OC. The van der Waals surface area contributed by atoms with Gasteiger partial charge in [0.1, 0.15) is 5.82 Å². The first-order valence-corrected chi connectivity index (χ1v) is 10.4. The van der Waals surface area contributed by atoms with Crippen LogP contribution in [0, 0.1) is 0 Å². The van der Waals surface area contributed by atoms with Gasteiger partial charge in [0.2, 0.25) is 5.91 Å². The maximum Gasteiger partial charge on any atom is 0.255 e. The van der Waals surface area contributed by atoms with Gasteiger partial charge in [-0.25, -0.2) is 4.98 Å². The van der Waals surface area contributed by atoms with E-state index in [1.54, 1.807) is 49.7 Å². The normalized spacial score (nSPS) is 11.3. The van der Waals surface area contributed by atoms with Crippen molar-refractivity contribution in [1.82, 2.24) is 4.98 Å². The highest BCUT2D eigenvalue weighted by Crippen LogP contribution is 2.29. The number of benzene rings is 2. The predicted molar refractivity (Wildman–Crippen MR) is 122 cm³/mol. The molecule has 0 fully saturated rings. The molecule has 31 heavy (non-hydrogen) atoms. The standard InChI is InChI=1S/C23H23N3O4S/c1-15(22(27)26-21-9-4-5-12-24-21)31-18-8-6-7-17(14-18)25-23(28)16-10-11-19(29-2)20(13-16)30-3/h4-15H,1-3H3,(H,25,28)(H,24,26,27). The number of pyridine rings is 1. The highest BCUT2D eigenvalue weighted by Gasteiger charge is 2.16. The highest BCUT2D eigenvalue weighted by molar-refractivity contribution is 8.00. The summed E-state index contributed by atoms with van der Waals surface area (Å²) in [7, 11) is 3.06. The summed E-state index contributed by atoms with van der Waals surface area (Å²) in [6.45, 7) is 1.82. The minimum absolute atomic E-state index is 0.150. The van der Waals surface area contributed by atoms with Gasteiger partial charge in [-0.3, -0.25) is 9.59 Å². The number of amides is 2. The van der Waals surface area contributed by atoms with Crippen molar-refractivity contribution < 1.29 is 19.1 Å². The maximum atomic E-state index is 12.6. The lowest BCUT2D eigenvalue weighted by Gasteiger charge is -2.13. The number of hydrogen-bond donors (Lipinski definition) is 2. The summed E-state index contributed by atoms with van der Waals surface area (Å²) in [5, 5.41) is 5.31. The van der Waals surface area contributed by atoms with E-state index in [1.165, 1.54) is 18.9 Å². The third-order valence-corrected chi connectivity index (χ3v) is 5.43. The average molecular weight is 438 g/mol. The molecule has 0 radical (unpaired) electrons. The summed E-state index contributed by atoms with van der Waals surface area (Å²) in [5.74, 6) is 1.12. The molecule has 8 heteroatoms. The van der Waals surface area contributed by atoms with Crippen LogP contribution < -0.4 is 20.1 Å². The number of anilines is 2. The fourth-order valence-corrected chi connectivity index (χ4v) is 3.68. The van der Waals surface area contributed by atoms with E-state index in [0.717, 1.165) is 4.90 Å². The number of thioether (sulfide) groups is 1. The summed E-state index contributed by atoms with van der Waals surface area (Å²) in [5.41, 5.74) is 1.07. The Morgan fingerprint density at radius 1 is 0.935 bits per heavy atom. The minimum Gasteiger partial charge on any atom is -0.493 e. The van der Waals surface area contributed by atoms with Crippen LogP contribution in [0.5, 0.6) is 11.5 Å². The van der Waals surface area contributed by atoms with Crippen LogP contribution in [0.2, 0.25) is 0 Å². The van der Waals surface area contributed by atoms with Gasteiger partial charge in [-0.15, -0.1) is 11.8 Å². The van der Waals surface area contributed by atoms with Crippen LogP contribution in [0.15, 0.2) is 71.8 Å². The Balaban J connectivity index is 1.64. The van der Waals surface area contributed by atoms with E-state index < -0.39 is 0 Å². The summed E-state index contributed by atoms with van der Waals surface area (Å²) >= 11 is 1.39. The van der Waals surface area contributed by atoms with Crippen molar-refractivity contribution in [1.29, 1.82) is 0 Å². The number of hydrogen-bond acceptors (Lipinski definition) is 6. The lowest BCUT2D eigenvalue weighted by atomic mass is 10.2. The molecule has 2 aromatic carbocycles. The summed E-state index contributed by atoms with van der Waals surface area (Å²) in [4.78, 5) is 30.0. The molecule has 0 saturated heterocycles. The Hall–Kier alpha value is -3.52. The molecular formula is C23H23N3O4S. The molecule has 0 bridgehead atoms. The fourth-order valence-electron chi connectivity index (χ4n) is 2.75. The van der Waals surface area contributed by atoms with E-state index >= 15 is 0 Å². The third kappa shape index (κ3) is 5.99. The molecule has 1 atom stereocenters. The predicted octanol–water partition coefficient (Wildman–Crippen LogP) is 4.47. The molecule has 2 amide bonds. The number of aromatic nitrogens is 1. The molecule has 160 valence electrons. The quantitative estimate of drug-likeness (QED) is 0.506. The molecule has 3 rings (SSSR count). The van der Waals surface area contributed by atoms with Crippen molar-refractivity contribution in [2.75, 3.05) is 24.9 Å².